The van der Waals surface area contributed by atoms with Crippen molar-refractivity contribution in [1.29, 1.82) is 0 Å². The Morgan fingerprint density at radius 3 is 1.85 bits per heavy atom. The van der Waals surface area contributed by atoms with E-state index in [-0.39, 0.29) is 6.04 Å². The minimum absolute atomic E-state index is 0.0507. The van der Waals surface area contributed by atoms with E-state index in [1.165, 1.54) is 0 Å². The number of hydrogen-bond acceptors (Lipinski definition) is 3. The van der Waals surface area contributed by atoms with Crippen molar-refractivity contribution in [3.05, 3.63) is 0 Å². The largest absolute Gasteiger partial charge is 0.343 e. The van der Waals surface area contributed by atoms with E-state index in [1.54, 1.807) is 4.90 Å². The van der Waals surface area contributed by atoms with E-state index >= 15 is 0 Å². The number of hydrogen-bond donors (Lipinski definition) is 2. The molecule has 0 bridgehead atoms. The van der Waals surface area contributed by atoms with E-state index in [9.17, 15) is 9.59 Å². The third-order valence-electron chi connectivity index (χ3n) is 3.62. The van der Waals surface area contributed by atoms with Crippen molar-refractivity contribution in [3.63, 3.8) is 0 Å². The van der Waals surface area contributed by atoms with E-state index in [2.05, 4.69) is 5.32 Å². The summed E-state index contributed by atoms with van der Waals surface area (Å²) in [5.74, 6) is -1.02. The molecule has 1 aliphatic rings. The molecule has 0 atom stereocenters. The average molecular weight is 283 g/mol. The Kier molecular flexibility index (Phi) is 4.26. The zero-order valence-corrected chi connectivity index (χ0v) is 13.8. The summed E-state index contributed by atoms with van der Waals surface area (Å²) in [7, 11) is 0. The number of rotatable bonds is 0. The first-order valence-corrected chi connectivity index (χ1v) is 7.19. The third kappa shape index (κ3) is 3.72. The number of nitrogens with two attached hydrogens (primary N) is 1. The maximum absolute atomic E-state index is 12.6. The number of amides is 2. The summed E-state index contributed by atoms with van der Waals surface area (Å²) >= 11 is 0. The highest BCUT2D eigenvalue weighted by molar-refractivity contribution is 6.35. The highest BCUT2D eigenvalue weighted by Gasteiger charge is 2.48. The SMILES string of the molecule is CC(C)(C)NC(=O)C(=O)N1C(C)(C)CC(N)CC1(C)C. The van der Waals surface area contributed by atoms with E-state index < -0.39 is 28.4 Å². The first kappa shape index (κ1) is 17.0. The maximum Gasteiger partial charge on any atom is 0.312 e. The summed E-state index contributed by atoms with van der Waals surface area (Å²) in [5, 5.41) is 2.74. The summed E-state index contributed by atoms with van der Waals surface area (Å²) in [6.45, 7) is 13.5. The van der Waals surface area contributed by atoms with Crippen LogP contribution in [0.3, 0.4) is 0 Å². The van der Waals surface area contributed by atoms with Gasteiger partial charge in [-0.25, -0.2) is 0 Å². The van der Waals surface area contributed by atoms with Crippen LogP contribution in [0.15, 0.2) is 0 Å². The molecule has 0 spiro atoms. The van der Waals surface area contributed by atoms with Gasteiger partial charge in [0.1, 0.15) is 0 Å². The summed E-state index contributed by atoms with van der Waals surface area (Å²) in [5.41, 5.74) is 4.82. The number of likely N-dealkylation sites (tertiary alicyclic amines) is 1. The molecule has 0 unspecified atom stereocenters. The Bertz CT molecular complexity index is 390. The lowest BCUT2D eigenvalue weighted by molar-refractivity contribution is -0.159. The van der Waals surface area contributed by atoms with Crippen molar-refractivity contribution >= 4 is 11.8 Å². The summed E-state index contributed by atoms with van der Waals surface area (Å²) in [4.78, 5) is 26.5. The highest BCUT2D eigenvalue weighted by Crippen LogP contribution is 2.37. The Labute approximate surface area is 122 Å². The second-order valence-electron chi connectivity index (χ2n) is 8.14. The molecule has 3 N–H and O–H groups in total. The Morgan fingerprint density at radius 2 is 1.50 bits per heavy atom. The molecule has 20 heavy (non-hydrogen) atoms. The zero-order chi connectivity index (χ0) is 15.9. The van der Waals surface area contributed by atoms with Crippen molar-refractivity contribution in [1.82, 2.24) is 10.2 Å². The van der Waals surface area contributed by atoms with Gasteiger partial charge < -0.3 is 16.0 Å². The Morgan fingerprint density at radius 1 is 1.10 bits per heavy atom. The van der Waals surface area contributed by atoms with Gasteiger partial charge in [-0.15, -0.1) is 0 Å². The molecule has 0 aromatic rings. The van der Waals surface area contributed by atoms with Gasteiger partial charge in [-0.05, 0) is 61.3 Å². The van der Waals surface area contributed by atoms with Crippen molar-refractivity contribution in [2.75, 3.05) is 0 Å². The van der Waals surface area contributed by atoms with E-state index in [4.69, 9.17) is 5.73 Å². The van der Waals surface area contributed by atoms with Gasteiger partial charge in [0.05, 0.1) is 0 Å². The van der Waals surface area contributed by atoms with Crippen molar-refractivity contribution in [3.8, 4) is 0 Å². The molecule has 1 heterocycles. The van der Waals surface area contributed by atoms with Crippen LogP contribution in [-0.4, -0.2) is 39.4 Å². The van der Waals surface area contributed by atoms with Crippen LogP contribution in [0.1, 0.15) is 61.3 Å². The van der Waals surface area contributed by atoms with Crippen LogP contribution in [0.4, 0.5) is 0 Å². The summed E-state index contributed by atoms with van der Waals surface area (Å²) < 4.78 is 0. The number of nitrogens with zero attached hydrogens (tertiary/aromatic N) is 1. The first-order valence-electron chi connectivity index (χ1n) is 7.19. The molecule has 0 radical (unpaired) electrons. The molecule has 0 saturated carbocycles. The lowest BCUT2D eigenvalue weighted by Crippen LogP contribution is -2.67. The molecule has 1 rings (SSSR count). The fourth-order valence-corrected chi connectivity index (χ4v) is 3.40. The second kappa shape index (κ2) is 5.02. The zero-order valence-electron chi connectivity index (χ0n) is 13.8. The van der Waals surface area contributed by atoms with Crippen LogP contribution >= 0.6 is 0 Å². The number of nitrogens with one attached hydrogen (secondary N) is 1. The first-order chi connectivity index (χ1) is 8.76. The molecule has 0 aliphatic carbocycles. The average Bonchev–Trinajstić information content (AvgIpc) is 2.08. The normalized spacial score (nSPS) is 22.5. The fraction of sp³-hybridized carbons (Fsp3) is 0.867. The summed E-state index contributed by atoms with van der Waals surface area (Å²) in [6, 6.07) is 0.0507. The molecule has 0 aromatic heterocycles. The van der Waals surface area contributed by atoms with Crippen LogP contribution < -0.4 is 11.1 Å². The highest BCUT2D eigenvalue weighted by atomic mass is 16.2. The topological polar surface area (TPSA) is 75.4 Å². The quantitative estimate of drug-likeness (QED) is 0.660. The molecule has 1 saturated heterocycles. The van der Waals surface area contributed by atoms with Gasteiger partial charge >= 0.3 is 11.8 Å². The number of piperidine rings is 1. The molecule has 5 heteroatoms. The lowest BCUT2D eigenvalue weighted by atomic mass is 9.77. The molecular formula is C15H29N3O2. The molecule has 116 valence electrons. The van der Waals surface area contributed by atoms with Gasteiger partial charge in [0.25, 0.3) is 0 Å². The second-order valence-corrected chi connectivity index (χ2v) is 8.14. The minimum Gasteiger partial charge on any atom is -0.343 e. The van der Waals surface area contributed by atoms with Crippen molar-refractivity contribution in [2.24, 2.45) is 5.73 Å². The number of carbonyl (C=O) groups excluding carboxylic acids is 2. The van der Waals surface area contributed by atoms with Gasteiger partial charge in [0.15, 0.2) is 0 Å². The predicted octanol–water partition coefficient (Wildman–Crippen LogP) is 1.41. The molecule has 0 aromatic carbocycles. The lowest BCUT2D eigenvalue weighted by Gasteiger charge is -2.54. The van der Waals surface area contributed by atoms with Crippen LogP contribution in [0.25, 0.3) is 0 Å². The van der Waals surface area contributed by atoms with Crippen molar-refractivity contribution < 1.29 is 9.59 Å². The monoisotopic (exact) mass is 283 g/mol. The van der Waals surface area contributed by atoms with Gasteiger partial charge in [-0.3, -0.25) is 9.59 Å². The van der Waals surface area contributed by atoms with Crippen LogP contribution in [0, 0.1) is 0 Å². The van der Waals surface area contributed by atoms with Crippen LogP contribution in [-0.2, 0) is 9.59 Å². The fourth-order valence-electron chi connectivity index (χ4n) is 3.40. The molecule has 1 aliphatic heterocycles. The molecule has 5 nitrogen and oxygen atoms in total. The predicted molar refractivity (Wildman–Crippen MR) is 80.1 cm³/mol. The smallest absolute Gasteiger partial charge is 0.312 e. The Hall–Kier alpha value is -1.10. The molecule has 1 fully saturated rings. The van der Waals surface area contributed by atoms with Crippen LogP contribution in [0.2, 0.25) is 0 Å². The van der Waals surface area contributed by atoms with Crippen molar-refractivity contribution in [2.45, 2.75) is 84.0 Å². The van der Waals surface area contributed by atoms with E-state index in [0.717, 1.165) is 0 Å². The standard InChI is InChI=1S/C15H29N3O2/c1-13(2,3)17-11(19)12(20)18-14(4,5)8-10(16)9-15(18,6)7/h10H,8-9,16H2,1-7H3,(H,17,19). The van der Waals surface area contributed by atoms with Gasteiger partial charge in [0.2, 0.25) is 0 Å². The summed E-state index contributed by atoms with van der Waals surface area (Å²) in [6.07, 6.45) is 1.40. The van der Waals surface area contributed by atoms with E-state index in [1.807, 2.05) is 48.5 Å². The maximum atomic E-state index is 12.6. The number of carbonyl (C=O) groups is 2. The van der Waals surface area contributed by atoms with Crippen LogP contribution in [0.5, 0.6) is 0 Å². The molecular weight excluding hydrogens is 254 g/mol. The van der Waals surface area contributed by atoms with Gasteiger partial charge in [-0.1, -0.05) is 0 Å². The van der Waals surface area contributed by atoms with E-state index in [0.29, 0.717) is 12.8 Å². The van der Waals surface area contributed by atoms with Gasteiger partial charge in [-0.2, -0.15) is 0 Å². The Balaban J connectivity index is 3.02. The molecule has 2 amide bonds. The third-order valence-corrected chi connectivity index (χ3v) is 3.62. The van der Waals surface area contributed by atoms with Gasteiger partial charge in [0, 0.05) is 22.7 Å². The minimum atomic E-state index is -0.547.